The molecule has 1 aromatic heterocycles. The Balaban J connectivity index is 1.62. The highest BCUT2D eigenvalue weighted by atomic mass is 79.9. The molecule has 3 aromatic carbocycles. The van der Waals surface area contributed by atoms with Crippen LogP contribution < -0.4 is 19.6 Å². The van der Waals surface area contributed by atoms with Crippen molar-refractivity contribution in [1.82, 2.24) is 4.57 Å². The van der Waals surface area contributed by atoms with Gasteiger partial charge in [-0.2, -0.15) is 0 Å². The molecule has 4 aromatic rings. The molecule has 0 saturated heterocycles. The molecule has 12 heteroatoms. The van der Waals surface area contributed by atoms with E-state index in [0.29, 0.717) is 31.1 Å². The smallest absolute Gasteiger partial charge is 0.338 e. The van der Waals surface area contributed by atoms with Crippen molar-refractivity contribution in [1.29, 1.82) is 0 Å². The first-order valence-corrected chi connectivity index (χ1v) is 14.8. The Morgan fingerprint density at radius 2 is 1.90 bits per heavy atom. The van der Waals surface area contributed by atoms with E-state index in [1.54, 1.807) is 50.3 Å². The molecule has 1 aliphatic rings. The van der Waals surface area contributed by atoms with E-state index in [0.717, 1.165) is 16.9 Å². The number of ether oxygens (including phenoxy) is 2. The van der Waals surface area contributed by atoms with Crippen LogP contribution in [0.2, 0.25) is 5.02 Å². The third kappa shape index (κ3) is 5.80. The second-order valence-electron chi connectivity index (χ2n) is 9.21. The SMILES string of the molecule is CCOC(=O)C1=C(C)N=c2s/c(=C\c3cc(Br)c(OCc4ccccc4)c([N+](=O)[O-])c3)c(=O)n2[C@H]1c1ccccc1Cl. The summed E-state index contributed by atoms with van der Waals surface area (Å²) in [6.45, 7) is 3.67. The Hall–Kier alpha value is -4.06. The van der Waals surface area contributed by atoms with Gasteiger partial charge in [0.15, 0.2) is 4.80 Å². The number of nitro groups is 1. The first-order chi connectivity index (χ1) is 20.2. The second kappa shape index (κ2) is 12.4. The number of carbonyl (C=O) groups excluding carboxylic acids is 1. The molecular weight excluding hydrogens is 646 g/mol. The molecular formula is C30H23BrClN3O6S. The molecule has 5 rings (SSSR count). The highest BCUT2D eigenvalue weighted by Crippen LogP contribution is 2.37. The van der Waals surface area contributed by atoms with Gasteiger partial charge < -0.3 is 9.47 Å². The first kappa shape index (κ1) is 29.4. The molecule has 9 nitrogen and oxygen atoms in total. The van der Waals surface area contributed by atoms with Crippen molar-refractivity contribution >= 4 is 56.6 Å². The average Bonchev–Trinajstić information content (AvgIpc) is 3.26. The lowest BCUT2D eigenvalue weighted by Gasteiger charge is -2.25. The summed E-state index contributed by atoms with van der Waals surface area (Å²) in [7, 11) is 0. The van der Waals surface area contributed by atoms with Gasteiger partial charge in [0.2, 0.25) is 5.75 Å². The lowest BCUT2D eigenvalue weighted by Crippen LogP contribution is -2.40. The van der Waals surface area contributed by atoms with Crippen LogP contribution in [0.1, 0.15) is 36.6 Å². The lowest BCUT2D eigenvalue weighted by atomic mass is 9.96. The van der Waals surface area contributed by atoms with E-state index in [-0.39, 0.29) is 34.8 Å². The van der Waals surface area contributed by atoms with Crippen molar-refractivity contribution in [3.8, 4) is 5.75 Å². The van der Waals surface area contributed by atoms with Gasteiger partial charge in [-0.25, -0.2) is 9.79 Å². The van der Waals surface area contributed by atoms with Gasteiger partial charge in [0.1, 0.15) is 12.6 Å². The summed E-state index contributed by atoms with van der Waals surface area (Å²) >= 11 is 11.1. The molecule has 1 atom stereocenters. The molecule has 42 heavy (non-hydrogen) atoms. The Morgan fingerprint density at radius 3 is 2.60 bits per heavy atom. The molecule has 0 N–H and O–H groups in total. The predicted molar refractivity (Wildman–Crippen MR) is 163 cm³/mol. The van der Waals surface area contributed by atoms with Crippen LogP contribution in [0.5, 0.6) is 5.75 Å². The lowest BCUT2D eigenvalue weighted by molar-refractivity contribution is -0.386. The van der Waals surface area contributed by atoms with E-state index < -0.39 is 22.5 Å². The molecule has 0 bridgehead atoms. The summed E-state index contributed by atoms with van der Waals surface area (Å²) in [4.78, 5) is 43.3. The number of fused-ring (bicyclic) bond motifs is 1. The fourth-order valence-corrected chi connectivity index (χ4v) is 6.49. The average molecular weight is 669 g/mol. The third-order valence-corrected chi connectivity index (χ3v) is 8.40. The summed E-state index contributed by atoms with van der Waals surface area (Å²) < 4.78 is 13.2. The summed E-state index contributed by atoms with van der Waals surface area (Å²) in [6.07, 6.45) is 1.55. The molecule has 0 aliphatic carbocycles. The predicted octanol–water partition coefficient (Wildman–Crippen LogP) is 5.70. The zero-order valence-corrected chi connectivity index (χ0v) is 25.5. The van der Waals surface area contributed by atoms with Gasteiger partial charge in [0, 0.05) is 11.1 Å². The van der Waals surface area contributed by atoms with E-state index in [2.05, 4.69) is 20.9 Å². The van der Waals surface area contributed by atoms with Crippen LogP contribution in [0, 0.1) is 10.1 Å². The molecule has 0 amide bonds. The quantitative estimate of drug-likeness (QED) is 0.135. The van der Waals surface area contributed by atoms with Crippen molar-refractivity contribution in [2.24, 2.45) is 4.99 Å². The molecule has 0 unspecified atom stereocenters. The van der Waals surface area contributed by atoms with Crippen LogP contribution >= 0.6 is 38.9 Å². The maximum atomic E-state index is 13.9. The van der Waals surface area contributed by atoms with E-state index in [1.807, 2.05) is 30.3 Å². The Bertz CT molecular complexity index is 1920. The number of esters is 1. The summed E-state index contributed by atoms with van der Waals surface area (Å²) in [5.74, 6) is -0.514. The Labute approximate surface area is 257 Å². The summed E-state index contributed by atoms with van der Waals surface area (Å²) in [6, 6.07) is 18.4. The van der Waals surface area contributed by atoms with Crippen LogP contribution in [0.15, 0.2) is 92.3 Å². The molecule has 0 spiro atoms. The third-order valence-electron chi connectivity index (χ3n) is 6.48. The van der Waals surface area contributed by atoms with Gasteiger partial charge >= 0.3 is 11.7 Å². The Morgan fingerprint density at radius 1 is 1.19 bits per heavy atom. The molecule has 2 heterocycles. The van der Waals surface area contributed by atoms with Gasteiger partial charge in [0.25, 0.3) is 5.56 Å². The van der Waals surface area contributed by atoms with Crippen LogP contribution in [0.25, 0.3) is 6.08 Å². The van der Waals surface area contributed by atoms with Crippen LogP contribution in [-0.2, 0) is 16.1 Å². The number of nitro benzene ring substituents is 1. The Kier molecular flexibility index (Phi) is 8.72. The normalized spacial score (nSPS) is 14.8. The molecule has 0 fully saturated rings. The molecule has 0 radical (unpaired) electrons. The zero-order chi connectivity index (χ0) is 30.0. The highest BCUT2D eigenvalue weighted by molar-refractivity contribution is 9.10. The number of rotatable bonds is 8. The van der Waals surface area contributed by atoms with E-state index in [4.69, 9.17) is 21.1 Å². The van der Waals surface area contributed by atoms with Crippen LogP contribution in [0.3, 0.4) is 0 Å². The van der Waals surface area contributed by atoms with E-state index >= 15 is 0 Å². The van der Waals surface area contributed by atoms with E-state index in [9.17, 15) is 19.7 Å². The van der Waals surface area contributed by atoms with Crippen molar-refractivity contribution in [2.75, 3.05) is 6.61 Å². The number of hydrogen-bond acceptors (Lipinski definition) is 8. The topological polar surface area (TPSA) is 113 Å². The first-order valence-electron chi connectivity index (χ1n) is 12.8. The zero-order valence-electron chi connectivity index (χ0n) is 22.4. The number of aromatic nitrogens is 1. The van der Waals surface area contributed by atoms with Gasteiger partial charge in [-0.15, -0.1) is 0 Å². The number of benzene rings is 3. The van der Waals surface area contributed by atoms with E-state index in [1.165, 1.54) is 10.6 Å². The highest BCUT2D eigenvalue weighted by Gasteiger charge is 2.34. The summed E-state index contributed by atoms with van der Waals surface area (Å²) in [5.41, 5.74) is 1.74. The fraction of sp³-hybridized carbons (Fsp3) is 0.167. The number of nitrogens with zero attached hydrogens (tertiary/aromatic N) is 3. The monoisotopic (exact) mass is 667 g/mol. The minimum absolute atomic E-state index is 0.0795. The van der Waals surface area contributed by atoms with Crippen LogP contribution in [0.4, 0.5) is 5.69 Å². The number of halogens is 2. The van der Waals surface area contributed by atoms with Crippen molar-refractivity contribution in [3.63, 3.8) is 0 Å². The number of carbonyl (C=O) groups is 1. The molecule has 1 aliphatic heterocycles. The minimum Gasteiger partial charge on any atom is -0.481 e. The molecule has 0 saturated carbocycles. The second-order valence-corrected chi connectivity index (χ2v) is 11.5. The van der Waals surface area contributed by atoms with Gasteiger partial charge in [-0.1, -0.05) is 71.5 Å². The van der Waals surface area contributed by atoms with Gasteiger partial charge in [-0.3, -0.25) is 19.5 Å². The number of allylic oxidation sites excluding steroid dienone is 1. The fourth-order valence-electron chi connectivity index (χ4n) is 4.62. The van der Waals surface area contributed by atoms with Crippen molar-refractivity contribution in [3.05, 3.63) is 134 Å². The van der Waals surface area contributed by atoms with Crippen LogP contribution in [-0.4, -0.2) is 22.1 Å². The standard InChI is InChI=1S/C30H23BrClN3O6S/c1-3-40-29(37)25-17(2)33-30-34(26(25)20-11-7-8-12-22(20)32)28(36)24(42-30)15-19-13-21(31)27(23(14-19)35(38)39)41-16-18-9-5-4-6-10-18/h4-15,26H,3,16H2,1-2H3/b24-15-/t26-/m0/s1. The maximum Gasteiger partial charge on any atom is 0.338 e. The van der Waals surface area contributed by atoms with Gasteiger partial charge in [0.05, 0.1) is 31.8 Å². The van der Waals surface area contributed by atoms with Crippen molar-refractivity contribution in [2.45, 2.75) is 26.5 Å². The van der Waals surface area contributed by atoms with Crippen molar-refractivity contribution < 1.29 is 19.2 Å². The maximum absolute atomic E-state index is 13.9. The van der Waals surface area contributed by atoms with Gasteiger partial charge in [-0.05, 0) is 64.7 Å². The number of thiazole rings is 1. The summed E-state index contributed by atoms with van der Waals surface area (Å²) in [5, 5.41) is 12.4. The molecule has 214 valence electrons. The minimum atomic E-state index is -0.869. The largest absolute Gasteiger partial charge is 0.481 e. The number of hydrogen-bond donors (Lipinski definition) is 0.